The van der Waals surface area contributed by atoms with Crippen molar-refractivity contribution < 1.29 is 8.83 Å². The van der Waals surface area contributed by atoms with Gasteiger partial charge in [0.1, 0.15) is 16.7 Å². The van der Waals surface area contributed by atoms with Gasteiger partial charge >= 0.3 is 0 Å². The van der Waals surface area contributed by atoms with E-state index in [0.29, 0.717) is 0 Å². The third kappa shape index (κ3) is 5.79. The van der Waals surface area contributed by atoms with E-state index in [1.807, 2.05) is 41.9 Å². The Balaban J connectivity index is 1.03. The lowest BCUT2D eigenvalue weighted by molar-refractivity contribution is 0.669. The molecule has 0 amide bonds. The molecule has 322 valence electrons. The molecule has 15 rings (SSSR count). The smallest absolute Gasteiger partial charge is 0.159 e. The van der Waals surface area contributed by atoms with Crippen LogP contribution in [-0.4, -0.2) is 9.55 Å². The minimum Gasteiger partial charge on any atom is -0.456 e. The molecule has 0 radical (unpaired) electrons. The van der Waals surface area contributed by atoms with Gasteiger partial charge in [-0.15, -0.1) is 11.3 Å². The van der Waals surface area contributed by atoms with E-state index < -0.39 is 0 Å². The van der Waals surface area contributed by atoms with E-state index in [2.05, 4.69) is 209 Å². The summed E-state index contributed by atoms with van der Waals surface area (Å²) in [5.41, 5.74) is 14.1. The van der Waals surface area contributed by atoms with E-state index in [9.17, 15) is 0 Å². The molecule has 0 aliphatic rings. The van der Waals surface area contributed by atoms with Crippen LogP contribution in [0, 0.1) is 0 Å². The number of hydrogen-bond acceptors (Lipinski definition) is 5. The predicted molar refractivity (Wildman–Crippen MR) is 289 cm³/mol. The minimum absolute atomic E-state index is 0.815. The molecule has 0 aliphatic heterocycles. The molecule has 0 atom stereocenters. The summed E-state index contributed by atoms with van der Waals surface area (Å²) < 4.78 is 18.5. The minimum atomic E-state index is 0.815. The Morgan fingerprint density at radius 1 is 0.435 bits per heavy atom. The number of furan rings is 2. The van der Waals surface area contributed by atoms with Crippen LogP contribution in [0.2, 0.25) is 0 Å². The van der Waals surface area contributed by atoms with E-state index in [1.54, 1.807) is 0 Å². The van der Waals surface area contributed by atoms with Crippen molar-refractivity contribution >= 4 is 125 Å². The van der Waals surface area contributed by atoms with Crippen LogP contribution < -0.4 is 4.90 Å². The van der Waals surface area contributed by atoms with Crippen LogP contribution in [0.1, 0.15) is 0 Å². The van der Waals surface area contributed by atoms with Gasteiger partial charge in [-0.1, -0.05) is 127 Å². The Morgan fingerprint density at radius 2 is 1.14 bits per heavy atom. The second-order valence-electron chi connectivity index (χ2n) is 17.9. The lowest BCUT2D eigenvalue weighted by atomic mass is 9.98. The molecule has 15 aromatic rings. The van der Waals surface area contributed by atoms with Gasteiger partial charge in [0.25, 0.3) is 0 Å². The molecule has 10 aromatic carbocycles. The molecule has 5 nitrogen and oxygen atoms in total. The van der Waals surface area contributed by atoms with Gasteiger partial charge in [0.15, 0.2) is 5.58 Å². The third-order valence-electron chi connectivity index (χ3n) is 14.0. The Morgan fingerprint density at radius 3 is 2.01 bits per heavy atom. The number of hydrogen-bond donors (Lipinski definition) is 0. The maximum absolute atomic E-state index is 7.05. The highest BCUT2D eigenvalue weighted by atomic mass is 32.1. The fourth-order valence-corrected chi connectivity index (χ4v) is 12.1. The summed E-state index contributed by atoms with van der Waals surface area (Å²) in [6, 6.07) is 76.6. The summed E-state index contributed by atoms with van der Waals surface area (Å²) in [7, 11) is 0. The first-order valence-electron chi connectivity index (χ1n) is 23.2. The van der Waals surface area contributed by atoms with Crippen LogP contribution in [0.25, 0.3) is 125 Å². The molecular formula is C63H37N3O2S. The average molecular weight is 900 g/mol. The molecule has 0 spiro atoms. The molecule has 5 aromatic heterocycles. The zero-order valence-corrected chi connectivity index (χ0v) is 37.7. The molecular weight excluding hydrogens is 863 g/mol. The van der Waals surface area contributed by atoms with Gasteiger partial charge < -0.3 is 18.3 Å². The van der Waals surface area contributed by atoms with Crippen LogP contribution in [-0.2, 0) is 0 Å². The highest BCUT2D eigenvalue weighted by molar-refractivity contribution is 7.26. The van der Waals surface area contributed by atoms with Crippen molar-refractivity contribution in [3.8, 4) is 27.9 Å². The topological polar surface area (TPSA) is 47.3 Å². The van der Waals surface area contributed by atoms with Crippen molar-refractivity contribution in [1.29, 1.82) is 0 Å². The zero-order valence-electron chi connectivity index (χ0n) is 36.9. The van der Waals surface area contributed by atoms with Crippen LogP contribution >= 0.6 is 11.3 Å². The molecule has 0 fully saturated rings. The van der Waals surface area contributed by atoms with Crippen LogP contribution in [0.3, 0.4) is 0 Å². The fourth-order valence-electron chi connectivity index (χ4n) is 10.9. The van der Waals surface area contributed by atoms with Crippen LogP contribution in [0.15, 0.2) is 234 Å². The first-order valence-corrected chi connectivity index (χ1v) is 24.1. The molecule has 5 heterocycles. The average Bonchev–Trinajstić information content (AvgIpc) is 4.18. The van der Waals surface area contributed by atoms with E-state index in [-0.39, 0.29) is 0 Å². The molecule has 0 aliphatic carbocycles. The molecule has 6 heteroatoms. The standard InChI is InChI=1S/C63H37N3O2S/c1-2-16-46-38(12-1)25-28-51-53-36-44(27-30-60(53)69-63(46)51)65(43-26-29-59-52(35-43)48-18-4-7-23-57(48)67-59)56-34-41(33-54-49-19-5-8-24-58(49)68-62(54)56)45-20-10-21-50-47-17-3-6-22-55(47)66(61(45)50)42-15-9-13-39(32-42)40-14-11-31-64-37-40/h1-37H. The lowest BCUT2D eigenvalue weighted by Crippen LogP contribution is -2.10. The summed E-state index contributed by atoms with van der Waals surface area (Å²) in [6.07, 6.45) is 3.76. The van der Waals surface area contributed by atoms with E-state index >= 15 is 0 Å². The van der Waals surface area contributed by atoms with Gasteiger partial charge in [-0.25, -0.2) is 0 Å². The Kier molecular flexibility index (Phi) is 8.17. The van der Waals surface area contributed by atoms with Crippen LogP contribution in [0.5, 0.6) is 0 Å². The van der Waals surface area contributed by atoms with Crippen molar-refractivity contribution in [2.75, 3.05) is 4.90 Å². The van der Waals surface area contributed by atoms with Crippen molar-refractivity contribution in [1.82, 2.24) is 9.55 Å². The maximum Gasteiger partial charge on any atom is 0.159 e. The van der Waals surface area contributed by atoms with Crippen molar-refractivity contribution in [2.45, 2.75) is 0 Å². The van der Waals surface area contributed by atoms with Gasteiger partial charge in [-0.3, -0.25) is 4.98 Å². The molecule has 0 saturated carbocycles. The second kappa shape index (κ2) is 14.8. The molecule has 69 heavy (non-hydrogen) atoms. The first kappa shape index (κ1) is 38.2. The summed E-state index contributed by atoms with van der Waals surface area (Å²) in [6.45, 7) is 0. The quantitative estimate of drug-likeness (QED) is 0.167. The number of rotatable bonds is 6. The summed E-state index contributed by atoms with van der Waals surface area (Å²) >= 11 is 1.86. The van der Waals surface area contributed by atoms with Crippen LogP contribution in [0.4, 0.5) is 17.1 Å². The number of nitrogens with zero attached hydrogens (tertiary/aromatic N) is 3. The van der Waals surface area contributed by atoms with E-state index in [1.165, 1.54) is 41.7 Å². The van der Waals surface area contributed by atoms with Gasteiger partial charge in [-0.2, -0.15) is 0 Å². The fraction of sp³-hybridized carbons (Fsp3) is 0. The zero-order chi connectivity index (χ0) is 45.2. The number of thiophene rings is 1. The Bertz CT molecular complexity index is 4570. The Hall–Kier alpha value is -8.97. The van der Waals surface area contributed by atoms with Gasteiger partial charge in [-0.05, 0) is 107 Å². The number of benzene rings is 10. The summed E-state index contributed by atoms with van der Waals surface area (Å²) in [5.74, 6) is 0. The molecule has 0 N–H and O–H groups in total. The number of fused-ring (bicyclic) bond motifs is 14. The molecule has 0 bridgehead atoms. The Labute approximate surface area is 398 Å². The number of aromatic nitrogens is 2. The number of para-hydroxylation sites is 4. The first-order chi connectivity index (χ1) is 34.2. The van der Waals surface area contributed by atoms with E-state index in [4.69, 9.17) is 8.83 Å². The van der Waals surface area contributed by atoms with Crippen molar-refractivity contribution in [3.63, 3.8) is 0 Å². The summed E-state index contributed by atoms with van der Waals surface area (Å²) in [4.78, 5) is 6.85. The number of anilines is 3. The SMILES string of the molecule is c1cncc(-c2cccc(-n3c4ccccc4c4cccc(-c5cc(N(c6ccc7oc8ccccc8c7c6)c6ccc7sc8c9ccccc9ccc8c7c6)c6oc7ccccc7c6c5)c43)c2)c1. The van der Waals surface area contributed by atoms with Crippen molar-refractivity contribution in [2.24, 2.45) is 0 Å². The van der Waals surface area contributed by atoms with Gasteiger partial charge in [0.2, 0.25) is 0 Å². The van der Waals surface area contributed by atoms with E-state index in [0.717, 1.165) is 99.9 Å². The number of pyridine rings is 1. The highest BCUT2D eigenvalue weighted by Crippen LogP contribution is 2.49. The van der Waals surface area contributed by atoms with Gasteiger partial charge in [0.05, 0.1) is 16.7 Å². The largest absolute Gasteiger partial charge is 0.456 e. The highest BCUT2D eigenvalue weighted by Gasteiger charge is 2.25. The molecule has 0 unspecified atom stereocenters. The summed E-state index contributed by atoms with van der Waals surface area (Å²) in [5, 5.41) is 11.6. The second-order valence-corrected chi connectivity index (χ2v) is 18.9. The van der Waals surface area contributed by atoms with Gasteiger partial charge in [0, 0.05) is 93.1 Å². The maximum atomic E-state index is 7.05. The molecule has 0 saturated heterocycles. The lowest BCUT2D eigenvalue weighted by Gasteiger charge is -2.26. The predicted octanol–water partition coefficient (Wildman–Crippen LogP) is 18.3. The normalized spacial score (nSPS) is 12.1. The monoisotopic (exact) mass is 899 g/mol. The third-order valence-corrected chi connectivity index (χ3v) is 15.2. The van der Waals surface area contributed by atoms with Crippen molar-refractivity contribution in [3.05, 3.63) is 225 Å².